The second-order valence-electron chi connectivity index (χ2n) is 11.3. The number of aliphatic hydroxyl groups excluding tert-OH is 1. The van der Waals surface area contributed by atoms with E-state index in [1.165, 1.54) is 16.3 Å². The number of hydrogen-bond donors (Lipinski definition) is 2. The van der Waals surface area contributed by atoms with Crippen molar-refractivity contribution in [1.29, 1.82) is 0 Å². The highest BCUT2D eigenvalue weighted by Crippen LogP contribution is 2.35. The Morgan fingerprint density at radius 1 is 0.681 bits per heavy atom. The molecule has 0 spiro atoms. The van der Waals surface area contributed by atoms with E-state index in [1.54, 1.807) is 13.1 Å². The van der Waals surface area contributed by atoms with E-state index in [0.717, 1.165) is 22.3 Å². The van der Waals surface area contributed by atoms with Crippen LogP contribution in [-0.4, -0.2) is 39.6 Å². The van der Waals surface area contributed by atoms with Crippen LogP contribution < -0.4 is 11.2 Å². The van der Waals surface area contributed by atoms with Gasteiger partial charge in [-0.15, -0.1) is 11.8 Å². The molecule has 4 atom stereocenters. The van der Waals surface area contributed by atoms with Crippen LogP contribution in [0.5, 0.6) is 0 Å². The van der Waals surface area contributed by atoms with E-state index in [9.17, 15) is 14.7 Å². The third-order valence-corrected chi connectivity index (χ3v) is 8.98. The Hall–Kier alpha value is -4.25. The Morgan fingerprint density at radius 3 is 1.68 bits per heavy atom. The van der Waals surface area contributed by atoms with Gasteiger partial charge >= 0.3 is 5.69 Å². The summed E-state index contributed by atoms with van der Waals surface area (Å²) in [6.45, 7) is 2.33. The summed E-state index contributed by atoms with van der Waals surface area (Å²) in [5.74, 6) is 0.535. The van der Waals surface area contributed by atoms with Gasteiger partial charge in [0.15, 0.2) is 0 Å². The summed E-state index contributed by atoms with van der Waals surface area (Å²) in [4.78, 5) is 28.3. The number of aromatic amines is 1. The highest BCUT2D eigenvalue weighted by Gasteiger charge is 2.38. The zero-order valence-corrected chi connectivity index (χ0v) is 27.1. The van der Waals surface area contributed by atoms with Crippen molar-refractivity contribution >= 4 is 11.8 Å². The Morgan fingerprint density at radius 2 is 1.15 bits per heavy atom. The Kier molecular flexibility index (Phi) is 12.8. The Balaban J connectivity index is 1.52. The van der Waals surface area contributed by atoms with Crippen LogP contribution in [0.1, 0.15) is 33.2 Å². The van der Waals surface area contributed by atoms with Crippen molar-refractivity contribution in [3.8, 4) is 0 Å². The second kappa shape index (κ2) is 17.6. The van der Waals surface area contributed by atoms with Crippen LogP contribution in [0, 0.1) is 6.92 Å². The summed E-state index contributed by atoms with van der Waals surface area (Å²) < 4.78 is 20.7. The quantitative estimate of drug-likeness (QED) is 0.127. The molecule has 0 bridgehead atoms. The summed E-state index contributed by atoms with van der Waals surface area (Å²) in [7, 11) is 0. The van der Waals surface area contributed by atoms with E-state index in [1.807, 2.05) is 121 Å². The molecule has 0 fully saturated rings. The SMILES string of the molecule is Cc1cn([C@@H](SCc2ccccc2)[C@H](OCc2ccccc2)[C@H](OCc2ccccc2)[C@H](O)COCc2ccccc2)c(=O)[nH]c1=O. The molecule has 0 amide bonds. The molecule has 47 heavy (non-hydrogen) atoms. The molecule has 0 aliphatic heterocycles. The lowest BCUT2D eigenvalue weighted by Gasteiger charge is -2.36. The number of thioether (sulfide) groups is 1. The minimum absolute atomic E-state index is 0.0326. The maximum atomic E-state index is 13.4. The number of H-pyrrole nitrogens is 1. The van der Waals surface area contributed by atoms with E-state index in [4.69, 9.17) is 14.2 Å². The maximum Gasteiger partial charge on any atom is 0.329 e. The molecule has 0 aliphatic rings. The minimum Gasteiger partial charge on any atom is -0.388 e. The van der Waals surface area contributed by atoms with Gasteiger partial charge in [-0.3, -0.25) is 14.3 Å². The van der Waals surface area contributed by atoms with Crippen LogP contribution in [0.25, 0.3) is 0 Å². The van der Waals surface area contributed by atoms with Gasteiger partial charge in [0.1, 0.15) is 23.7 Å². The van der Waals surface area contributed by atoms with Crippen LogP contribution in [0.4, 0.5) is 0 Å². The number of nitrogens with zero attached hydrogens (tertiary/aromatic N) is 1. The molecular weight excluding hydrogens is 612 g/mol. The van der Waals surface area contributed by atoms with Crippen molar-refractivity contribution in [1.82, 2.24) is 9.55 Å². The second-order valence-corrected chi connectivity index (χ2v) is 12.4. The predicted molar refractivity (Wildman–Crippen MR) is 185 cm³/mol. The number of benzene rings is 4. The van der Waals surface area contributed by atoms with Gasteiger partial charge in [0.2, 0.25) is 0 Å². The van der Waals surface area contributed by atoms with Gasteiger partial charge in [0.05, 0.1) is 26.4 Å². The highest BCUT2D eigenvalue weighted by atomic mass is 32.2. The highest BCUT2D eigenvalue weighted by molar-refractivity contribution is 7.98. The monoisotopic (exact) mass is 652 g/mol. The maximum absolute atomic E-state index is 13.4. The van der Waals surface area contributed by atoms with Gasteiger partial charge in [-0.2, -0.15) is 0 Å². The summed E-state index contributed by atoms with van der Waals surface area (Å²) in [6.07, 6.45) is -1.36. The molecule has 4 aromatic carbocycles. The van der Waals surface area contributed by atoms with Gasteiger partial charge < -0.3 is 19.3 Å². The zero-order valence-electron chi connectivity index (χ0n) is 26.3. The summed E-state index contributed by atoms with van der Waals surface area (Å²) in [6, 6.07) is 39.0. The number of aliphatic hydroxyl groups is 1. The summed E-state index contributed by atoms with van der Waals surface area (Å²) in [5, 5.41) is 11.1. The molecule has 244 valence electrons. The summed E-state index contributed by atoms with van der Waals surface area (Å²) >= 11 is 1.47. The Bertz CT molecular complexity index is 1750. The normalized spacial score (nSPS) is 13.9. The first-order valence-electron chi connectivity index (χ1n) is 15.6. The lowest BCUT2D eigenvalue weighted by atomic mass is 10.1. The zero-order chi connectivity index (χ0) is 32.8. The summed E-state index contributed by atoms with van der Waals surface area (Å²) in [5.41, 5.74) is 3.22. The molecule has 5 rings (SSSR count). The molecule has 5 aromatic rings. The molecule has 0 saturated carbocycles. The van der Waals surface area contributed by atoms with Crippen LogP contribution in [-0.2, 0) is 39.8 Å². The molecule has 0 unspecified atom stereocenters. The van der Waals surface area contributed by atoms with Gasteiger partial charge in [-0.1, -0.05) is 121 Å². The molecule has 0 saturated heterocycles. The van der Waals surface area contributed by atoms with Crippen LogP contribution >= 0.6 is 11.8 Å². The number of hydrogen-bond acceptors (Lipinski definition) is 7. The molecule has 2 N–H and O–H groups in total. The van der Waals surface area contributed by atoms with Crippen molar-refractivity contribution in [3.63, 3.8) is 0 Å². The first-order chi connectivity index (χ1) is 23.0. The molecular formula is C38H40N2O6S. The fourth-order valence-electron chi connectivity index (χ4n) is 5.13. The van der Waals surface area contributed by atoms with Crippen LogP contribution in [0.15, 0.2) is 137 Å². The molecule has 8 nitrogen and oxygen atoms in total. The number of aromatic nitrogens is 2. The molecule has 0 radical (unpaired) electrons. The largest absolute Gasteiger partial charge is 0.388 e. The molecule has 1 heterocycles. The molecule has 9 heteroatoms. The van der Waals surface area contributed by atoms with Crippen LogP contribution in [0.3, 0.4) is 0 Å². The van der Waals surface area contributed by atoms with E-state index in [0.29, 0.717) is 17.9 Å². The lowest BCUT2D eigenvalue weighted by molar-refractivity contribution is -0.152. The van der Waals surface area contributed by atoms with Crippen molar-refractivity contribution in [2.24, 2.45) is 0 Å². The van der Waals surface area contributed by atoms with Crippen LogP contribution in [0.2, 0.25) is 0 Å². The van der Waals surface area contributed by atoms with Gasteiger partial charge in [-0.05, 0) is 29.2 Å². The minimum atomic E-state index is -1.12. The first kappa shape index (κ1) is 34.1. The fraction of sp³-hybridized carbons (Fsp3) is 0.263. The van der Waals surface area contributed by atoms with E-state index >= 15 is 0 Å². The van der Waals surface area contributed by atoms with Gasteiger partial charge in [0, 0.05) is 17.5 Å². The fourth-order valence-corrected chi connectivity index (χ4v) is 6.42. The smallest absolute Gasteiger partial charge is 0.329 e. The van der Waals surface area contributed by atoms with Gasteiger partial charge in [-0.25, -0.2) is 4.79 Å². The number of rotatable bonds is 17. The Labute approximate surface area is 279 Å². The first-order valence-corrected chi connectivity index (χ1v) is 16.6. The average molecular weight is 653 g/mol. The van der Waals surface area contributed by atoms with E-state index < -0.39 is 34.9 Å². The molecule has 0 aliphatic carbocycles. The third-order valence-electron chi connectivity index (χ3n) is 7.64. The van der Waals surface area contributed by atoms with E-state index in [-0.39, 0.29) is 19.8 Å². The standard InChI is InChI=1S/C38H40N2O6S/c1-28-22-40(38(43)39-36(28)42)37(47-27-32-20-12-5-13-21-32)35(46-25-31-18-10-4-11-19-31)34(45-24-30-16-8-3-9-17-30)33(41)26-44-23-29-14-6-2-7-15-29/h2-22,33-35,37,41H,23-27H2,1H3,(H,39,42,43)/t33-,34-,35-,37+/m1/s1. The van der Waals surface area contributed by atoms with Gasteiger partial charge in [0.25, 0.3) is 5.56 Å². The lowest BCUT2D eigenvalue weighted by Crippen LogP contribution is -2.49. The van der Waals surface area contributed by atoms with E-state index in [2.05, 4.69) is 4.98 Å². The van der Waals surface area contributed by atoms with Crippen molar-refractivity contribution in [3.05, 3.63) is 176 Å². The average Bonchev–Trinajstić information content (AvgIpc) is 3.10. The predicted octanol–water partition coefficient (Wildman–Crippen LogP) is 6.03. The van der Waals surface area contributed by atoms with Crippen molar-refractivity contribution in [2.75, 3.05) is 6.61 Å². The number of ether oxygens (including phenoxy) is 3. The number of nitrogens with one attached hydrogen (secondary N) is 1. The molecule has 1 aromatic heterocycles. The third kappa shape index (κ3) is 10.1. The van der Waals surface area contributed by atoms with Crippen molar-refractivity contribution < 1.29 is 19.3 Å². The van der Waals surface area contributed by atoms with Crippen molar-refractivity contribution in [2.45, 2.75) is 56.2 Å². The number of aryl methyl sites for hydroxylation is 1. The topological polar surface area (TPSA) is 103 Å².